The number of hydrogen-bond donors (Lipinski definition) is 0. The van der Waals surface area contributed by atoms with Gasteiger partial charge in [0.2, 0.25) is 0 Å². The molecule has 0 saturated heterocycles. The summed E-state index contributed by atoms with van der Waals surface area (Å²) in [7, 11) is 0. The molecule has 0 saturated carbocycles. The first kappa shape index (κ1) is 16.4. The third-order valence-electron chi connectivity index (χ3n) is 3.26. The maximum Gasteiger partial charge on any atom is 0.0163 e. The van der Waals surface area contributed by atoms with Gasteiger partial charge in [0, 0.05) is 13.1 Å². The molecule has 0 heterocycles. The summed E-state index contributed by atoms with van der Waals surface area (Å²) in [6.45, 7) is 15.4. The number of rotatable bonds is 12. The van der Waals surface area contributed by atoms with E-state index in [1.165, 1.54) is 45.1 Å². The molecule has 0 aromatic carbocycles. The summed E-state index contributed by atoms with van der Waals surface area (Å²) < 4.78 is 0. The number of hydrogen-bond acceptors (Lipinski definition) is 1. The van der Waals surface area contributed by atoms with Crippen LogP contribution in [0.3, 0.4) is 0 Å². The molecule has 0 aliphatic rings. The maximum atomic E-state index is 3.80. The lowest BCUT2D eigenvalue weighted by atomic mass is 9.99. The molecule has 1 nitrogen and oxygen atoms in total. The molecule has 0 rings (SSSR count). The highest BCUT2D eigenvalue weighted by Gasteiger charge is 2.05. The molecule has 0 bridgehead atoms. The van der Waals surface area contributed by atoms with Crippen molar-refractivity contribution in [2.75, 3.05) is 19.6 Å². The monoisotopic (exact) mass is 237 g/mol. The first-order valence-corrected chi connectivity index (χ1v) is 7.18. The Morgan fingerprint density at radius 3 is 2.18 bits per heavy atom. The third-order valence-corrected chi connectivity index (χ3v) is 3.26. The van der Waals surface area contributed by atoms with Crippen molar-refractivity contribution >= 4 is 0 Å². The van der Waals surface area contributed by atoms with Crippen LogP contribution in [0, 0.1) is 5.92 Å². The Hall–Kier alpha value is -0.560. The lowest BCUT2D eigenvalue weighted by molar-refractivity contribution is 0.298. The van der Waals surface area contributed by atoms with Gasteiger partial charge < -0.3 is 0 Å². The lowest BCUT2D eigenvalue weighted by Gasteiger charge is -2.21. The fourth-order valence-electron chi connectivity index (χ4n) is 2.09. The van der Waals surface area contributed by atoms with Gasteiger partial charge in [0.25, 0.3) is 0 Å². The quantitative estimate of drug-likeness (QED) is 0.352. The van der Waals surface area contributed by atoms with Gasteiger partial charge >= 0.3 is 0 Å². The summed E-state index contributed by atoms with van der Waals surface area (Å²) in [4.78, 5) is 2.41. The minimum absolute atomic E-state index is 0.851. The first-order chi connectivity index (χ1) is 8.24. The molecule has 0 amide bonds. The van der Waals surface area contributed by atoms with E-state index < -0.39 is 0 Å². The third kappa shape index (κ3) is 10.3. The van der Waals surface area contributed by atoms with E-state index in [4.69, 9.17) is 0 Å². The summed E-state index contributed by atoms with van der Waals surface area (Å²) in [6.07, 6.45) is 12.2. The molecule has 0 N–H and O–H groups in total. The van der Waals surface area contributed by atoms with Gasteiger partial charge in [-0.15, -0.1) is 13.2 Å². The summed E-state index contributed by atoms with van der Waals surface area (Å²) in [6, 6.07) is 0. The molecule has 0 spiro atoms. The Kier molecular flexibility index (Phi) is 11.5. The van der Waals surface area contributed by atoms with Crippen molar-refractivity contribution in [3.63, 3.8) is 0 Å². The zero-order valence-electron chi connectivity index (χ0n) is 12.0. The molecular weight excluding hydrogens is 206 g/mol. The molecule has 0 aromatic heterocycles. The van der Waals surface area contributed by atoms with Crippen molar-refractivity contribution < 1.29 is 0 Å². The molecule has 0 radical (unpaired) electrons. The maximum absolute atomic E-state index is 3.80. The highest BCUT2D eigenvalue weighted by molar-refractivity contribution is 4.79. The Labute approximate surface area is 109 Å². The molecule has 1 unspecified atom stereocenters. The highest BCUT2D eigenvalue weighted by Crippen LogP contribution is 2.14. The van der Waals surface area contributed by atoms with Crippen LogP contribution in [0.2, 0.25) is 0 Å². The van der Waals surface area contributed by atoms with Crippen LogP contribution in [0.25, 0.3) is 0 Å². The Morgan fingerprint density at radius 2 is 1.65 bits per heavy atom. The minimum atomic E-state index is 0.851. The number of unbranched alkanes of at least 4 members (excludes halogenated alkanes) is 3. The van der Waals surface area contributed by atoms with E-state index in [2.05, 4.69) is 31.9 Å². The molecule has 0 fully saturated rings. The average molecular weight is 237 g/mol. The van der Waals surface area contributed by atoms with E-state index in [-0.39, 0.29) is 0 Å². The minimum Gasteiger partial charge on any atom is -0.296 e. The van der Waals surface area contributed by atoms with Gasteiger partial charge in [0.1, 0.15) is 0 Å². The van der Waals surface area contributed by atoms with Crippen molar-refractivity contribution in [1.29, 1.82) is 0 Å². The van der Waals surface area contributed by atoms with Gasteiger partial charge in [0.05, 0.1) is 0 Å². The predicted molar refractivity (Wildman–Crippen MR) is 79.4 cm³/mol. The van der Waals surface area contributed by atoms with Gasteiger partial charge in [-0.2, -0.15) is 0 Å². The second kappa shape index (κ2) is 11.9. The van der Waals surface area contributed by atoms with Crippen molar-refractivity contribution in [1.82, 2.24) is 4.90 Å². The normalized spacial score (nSPS) is 12.6. The summed E-state index contributed by atoms with van der Waals surface area (Å²) in [5, 5.41) is 0. The van der Waals surface area contributed by atoms with Gasteiger partial charge in [-0.05, 0) is 18.9 Å². The van der Waals surface area contributed by atoms with E-state index in [1.807, 2.05) is 12.2 Å². The molecule has 1 atom stereocenters. The molecule has 0 aliphatic carbocycles. The SMILES string of the molecule is C=CCN(CC=C)CCC(C)CCCCCC. The van der Waals surface area contributed by atoms with Gasteiger partial charge in [0.15, 0.2) is 0 Å². The van der Waals surface area contributed by atoms with E-state index in [0.29, 0.717) is 0 Å². The van der Waals surface area contributed by atoms with E-state index >= 15 is 0 Å². The summed E-state index contributed by atoms with van der Waals surface area (Å²) in [5.74, 6) is 0.851. The predicted octanol–water partition coefficient (Wildman–Crippen LogP) is 4.66. The zero-order valence-corrected chi connectivity index (χ0v) is 12.0. The van der Waals surface area contributed by atoms with Gasteiger partial charge in [-0.25, -0.2) is 0 Å². The smallest absolute Gasteiger partial charge is 0.0163 e. The molecule has 1 heteroatoms. The van der Waals surface area contributed by atoms with Crippen molar-refractivity contribution in [3.8, 4) is 0 Å². The van der Waals surface area contributed by atoms with Crippen LogP contribution in [0.15, 0.2) is 25.3 Å². The largest absolute Gasteiger partial charge is 0.296 e. The van der Waals surface area contributed by atoms with Crippen LogP contribution < -0.4 is 0 Å². The number of nitrogens with zero attached hydrogens (tertiary/aromatic N) is 1. The van der Waals surface area contributed by atoms with E-state index in [0.717, 1.165) is 19.0 Å². The summed E-state index contributed by atoms with van der Waals surface area (Å²) in [5.41, 5.74) is 0. The average Bonchev–Trinajstić information content (AvgIpc) is 2.32. The van der Waals surface area contributed by atoms with Crippen LogP contribution in [0.4, 0.5) is 0 Å². The van der Waals surface area contributed by atoms with Crippen LogP contribution in [-0.2, 0) is 0 Å². The summed E-state index contributed by atoms with van der Waals surface area (Å²) >= 11 is 0. The van der Waals surface area contributed by atoms with Crippen LogP contribution in [-0.4, -0.2) is 24.5 Å². The van der Waals surface area contributed by atoms with Crippen molar-refractivity contribution in [2.45, 2.75) is 52.4 Å². The van der Waals surface area contributed by atoms with Crippen LogP contribution >= 0.6 is 0 Å². The highest BCUT2D eigenvalue weighted by atomic mass is 15.1. The molecular formula is C16H31N. The fourth-order valence-corrected chi connectivity index (χ4v) is 2.09. The second-order valence-electron chi connectivity index (χ2n) is 5.08. The standard InChI is InChI=1S/C16H31N/c1-5-8-9-10-11-16(4)12-15-17(13-6-2)14-7-3/h6-7,16H,2-3,5,8-15H2,1,4H3. The van der Waals surface area contributed by atoms with Gasteiger partial charge in [-0.3, -0.25) is 4.90 Å². The fraction of sp³-hybridized carbons (Fsp3) is 0.750. The Morgan fingerprint density at radius 1 is 1.00 bits per heavy atom. The van der Waals surface area contributed by atoms with Crippen molar-refractivity contribution in [2.24, 2.45) is 5.92 Å². The van der Waals surface area contributed by atoms with Crippen LogP contribution in [0.1, 0.15) is 52.4 Å². The topological polar surface area (TPSA) is 3.24 Å². The second-order valence-corrected chi connectivity index (χ2v) is 5.08. The zero-order chi connectivity index (χ0) is 12.9. The van der Waals surface area contributed by atoms with E-state index in [1.54, 1.807) is 0 Å². The molecule has 17 heavy (non-hydrogen) atoms. The molecule has 0 aliphatic heterocycles. The van der Waals surface area contributed by atoms with Gasteiger partial charge in [-0.1, -0.05) is 58.1 Å². The van der Waals surface area contributed by atoms with Crippen LogP contribution in [0.5, 0.6) is 0 Å². The Balaban J connectivity index is 3.60. The van der Waals surface area contributed by atoms with Crippen molar-refractivity contribution in [3.05, 3.63) is 25.3 Å². The van der Waals surface area contributed by atoms with E-state index in [9.17, 15) is 0 Å². The lowest BCUT2D eigenvalue weighted by Crippen LogP contribution is -2.26. The molecule has 100 valence electrons. The molecule has 0 aromatic rings. The Bertz CT molecular complexity index is 176. The first-order valence-electron chi connectivity index (χ1n) is 7.18.